The number of nitrogens with zero attached hydrogens (tertiary/aromatic N) is 2. The first-order valence-corrected chi connectivity index (χ1v) is 7.62. The summed E-state index contributed by atoms with van der Waals surface area (Å²) in [6.07, 6.45) is 1.51. The molecule has 0 saturated heterocycles. The number of aromatic nitrogens is 3. The third kappa shape index (κ3) is 2.82. The summed E-state index contributed by atoms with van der Waals surface area (Å²) in [6, 6.07) is 7.27. The summed E-state index contributed by atoms with van der Waals surface area (Å²) in [6.45, 7) is 0.108. The molecule has 1 saturated carbocycles. The number of H-pyrrole nitrogens is 1. The molecule has 2 aromatic rings. The van der Waals surface area contributed by atoms with Crippen molar-refractivity contribution in [2.45, 2.75) is 25.8 Å². The molecule has 1 amide bonds. The second kappa shape index (κ2) is 6.31. The van der Waals surface area contributed by atoms with E-state index in [1.54, 1.807) is 19.2 Å². The highest BCUT2D eigenvalue weighted by atomic mass is 16.5. The number of carbonyl (C=O) groups excluding carboxylic acids is 1. The monoisotopic (exact) mass is 330 g/mol. The first-order chi connectivity index (χ1) is 11.5. The van der Waals surface area contributed by atoms with E-state index in [1.807, 2.05) is 12.1 Å². The molecule has 0 radical (unpaired) electrons. The molecule has 0 atom stereocenters. The van der Waals surface area contributed by atoms with Crippen LogP contribution < -0.4 is 10.1 Å². The van der Waals surface area contributed by atoms with Gasteiger partial charge >= 0.3 is 5.97 Å². The zero-order valence-electron chi connectivity index (χ0n) is 13.2. The minimum Gasteiger partial charge on any atom is -0.497 e. The van der Waals surface area contributed by atoms with Gasteiger partial charge in [0.25, 0.3) is 0 Å². The highest BCUT2D eigenvalue weighted by molar-refractivity contribution is 6.02. The Labute approximate surface area is 138 Å². The van der Waals surface area contributed by atoms with Gasteiger partial charge in [-0.1, -0.05) is 6.42 Å². The number of ether oxygens (including phenoxy) is 1. The molecule has 1 aliphatic rings. The molecule has 3 rings (SSSR count). The van der Waals surface area contributed by atoms with Gasteiger partial charge in [0.15, 0.2) is 5.82 Å². The fourth-order valence-corrected chi connectivity index (χ4v) is 2.65. The summed E-state index contributed by atoms with van der Waals surface area (Å²) in [5.74, 6) is 0.167. The van der Waals surface area contributed by atoms with Gasteiger partial charge in [0.05, 0.1) is 13.7 Å². The standard InChI is InChI=1S/C16H18N4O4/c1-24-11-5-3-10(4-6-11)13-18-12(19-20-13)9-17-14(21)16(15(22)23)7-2-8-16/h3-6H,2,7-9H2,1H3,(H,17,21)(H,22,23)(H,18,19,20). The van der Waals surface area contributed by atoms with Gasteiger partial charge in [-0.3, -0.25) is 14.7 Å². The van der Waals surface area contributed by atoms with E-state index >= 15 is 0 Å². The van der Waals surface area contributed by atoms with E-state index < -0.39 is 17.3 Å². The number of aliphatic carboxylic acids is 1. The minimum absolute atomic E-state index is 0.108. The van der Waals surface area contributed by atoms with Crippen LogP contribution in [0.5, 0.6) is 5.75 Å². The van der Waals surface area contributed by atoms with Crippen LogP contribution in [0.1, 0.15) is 25.1 Å². The number of nitrogens with one attached hydrogen (secondary N) is 2. The molecule has 126 valence electrons. The molecule has 8 nitrogen and oxygen atoms in total. The van der Waals surface area contributed by atoms with Gasteiger partial charge < -0.3 is 15.2 Å². The Morgan fingerprint density at radius 1 is 1.33 bits per heavy atom. The lowest BCUT2D eigenvalue weighted by atomic mass is 9.68. The Kier molecular flexibility index (Phi) is 4.20. The quantitative estimate of drug-likeness (QED) is 0.688. The summed E-state index contributed by atoms with van der Waals surface area (Å²) in [5.41, 5.74) is -0.468. The molecule has 8 heteroatoms. The molecule has 1 heterocycles. The van der Waals surface area contributed by atoms with E-state index in [0.29, 0.717) is 24.5 Å². The maximum atomic E-state index is 12.1. The summed E-state index contributed by atoms with van der Waals surface area (Å²) in [7, 11) is 1.59. The van der Waals surface area contributed by atoms with Crippen LogP contribution in [0.4, 0.5) is 0 Å². The van der Waals surface area contributed by atoms with Crippen molar-refractivity contribution in [1.29, 1.82) is 0 Å². The number of hydrogen-bond acceptors (Lipinski definition) is 5. The van der Waals surface area contributed by atoms with Gasteiger partial charge in [0.2, 0.25) is 5.91 Å². The van der Waals surface area contributed by atoms with Crippen LogP contribution in [0.3, 0.4) is 0 Å². The molecule has 1 aromatic carbocycles. The molecular formula is C16H18N4O4. The molecule has 1 aliphatic carbocycles. The van der Waals surface area contributed by atoms with Gasteiger partial charge in [-0.05, 0) is 37.1 Å². The van der Waals surface area contributed by atoms with Crippen LogP contribution in [-0.4, -0.2) is 39.3 Å². The Hall–Kier alpha value is -2.90. The lowest BCUT2D eigenvalue weighted by molar-refractivity contribution is -0.162. The van der Waals surface area contributed by atoms with Crippen molar-refractivity contribution in [2.75, 3.05) is 7.11 Å². The maximum Gasteiger partial charge on any atom is 0.319 e. The molecule has 0 unspecified atom stereocenters. The minimum atomic E-state index is -1.28. The van der Waals surface area contributed by atoms with Crippen molar-refractivity contribution in [3.63, 3.8) is 0 Å². The summed E-state index contributed by atoms with van der Waals surface area (Å²) >= 11 is 0. The van der Waals surface area contributed by atoms with E-state index in [4.69, 9.17) is 4.74 Å². The molecule has 3 N–H and O–H groups in total. The summed E-state index contributed by atoms with van der Waals surface area (Å²) in [5, 5.41) is 18.7. The lowest BCUT2D eigenvalue weighted by Gasteiger charge is -2.35. The van der Waals surface area contributed by atoms with Crippen LogP contribution in [0.2, 0.25) is 0 Å². The highest BCUT2D eigenvalue weighted by Crippen LogP contribution is 2.41. The van der Waals surface area contributed by atoms with Crippen molar-refractivity contribution >= 4 is 11.9 Å². The molecule has 24 heavy (non-hydrogen) atoms. The predicted octanol–water partition coefficient (Wildman–Crippen LogP) is 1.35. The Morgan fingerprint density at radius 3 is 2.58 bits per heavy atom. The Balaban J connectivity index is 1.64. The second-order valence-electron chi connectivity index (χ2n) is 5.76. The number of methoxy groups -OCH3 is 1. The van der Waals surface area contributed by atoms with E-state index in [-0.39, 0.29) is 6.54 Å². The third-order valence-electron chi connectivity index (χ3n) is 4.35. The Morgan fingerprint density at radius 2 is 2.04 bits per heavy atom. The van der Waals surface area contributed by atoms with Crippen LogP contribution in [0.15, 0.2) is 24.3 Å². The second-order valence-corrected chi connectivity index (χ2v) is 5.76. The number of carboxylic acids is 1. The largest absolute Gasteiger partial charge is 0.497 e. The van der Waals surface area contributed by atoms with Crippen LogP contribution in [0, 0.1) is 5.41 Å². The predicted molar refractivity (Wildman–Crippen MR) is 84.1 cm³/mol. The van der Waals surface area contributed by atoms with Crippen molar-refractivity contribution in [3.05, 3.63) is 30.1 Å². The molecular weight excluding hydrogens is 312 g/mol. The number of hydrogen-bond donors (Lipinski definition) is 3. The number of aromatic amines is 1. The molecule has 1 aromatic heterocycles. The summed E-state index contributed by atoms with van der Waals surface area (Å²) in [4.78, 5) is 27.7. The number of amides is 1. The number of carbonyl (C=O) groups is 2. The van der Waals surface area contributed by atoms with Crippen LogP contribution >= 0.6 is 0 Å². The van der Waals surface area contributed by atoms with E-state index in [9.17, 15) is 14.7 Å². The van der Waals surface area contributed by atoms with Crippen molar-refractivity contribution in [2.24, 2.45) is 5.41 Å². The first kappa shape index (κ1) is 16.0. The van der Waals surface area contributed by atoms with E-state index in [0.717, 1.165) is 17.7 Å². The van der Waals surface area contributed by atoms with Crippen LogP contribution in [-0.2, 0) is 16.1 Å². The van der Waals surface area contributed by atoms with Crippen LogP contribution in [0.25, 0.3) is 11.4 Å². The molecule has 0 aliphatic heterocycles. The first-order valence-electron chi connectivity index (χ1n) is 7.62. The van der Waals surface area contributed by atoms with Gasteiger partial charge in [-0.25, -0.2) is 4.98 Å². The van der Waals surface area contributed by atoms with Crippen molar-refractivity contribution < 1.29 is 19.4 Å². The average Bonchev–Trinajstić information content (AvgIpc) is 3.00. The summed E-state index contributed by atoms with van der Waals surface area (Å²) < 4.78 is 5.10. The Bertz CT molecular complexity index is 750. The topological polar surface area (TPSA) is 117 Å². The van der Waals surface area contributed by atoms with E-state index in [1.165, 1.54) is 0 Å². The van der Waals surface area contributed by atoms with Gasteiger partial charge in [-0.2, -0.15) is 5.10 Å². The fourth-order valence-electron chi connectivity index (χ4n) is 2.65. The van der Waals surface area contributed by atoms with Gasteiger partial charge in [0, 0.05) is 5.56 Å². The normalized spacial score (nSPS) is 15.4. The third-order valence-corrected chi connectivity index (χ3v) is 4.35. The van der Waals surface area contributed by atoms with Crippen molar-refractivity contribution in [1.82, 2.24) is 20.5 Å². The molecule has 0 bridgehead atoms. The zero-order valence-corrected chi connectivity index (χ0v) is 13.2. The SMILES string of the molecule is COc1ccc(-c2n[nH]c(CNC(=O)C3(C(=O)O)CCC3)n2)cc1. The zero-order chi connectivity index (χ0) is 17.2. The van der Waals surface area contributed by atoms with Gasteiger partial charge in [0.1, 0.15) is 17.0 Å². The molecule has 1 fully saturated rings. The lowest BCUT2D eigenvalue weighted by Crippen LogP contribution is -2.50. The van der Waals surface area contributed by atoms with E-state index in [2.05, 4.69) is 20.5 Å². The smallest absolute Gasteiger partial charge is 0.319 e. The average molecular weight is 330 g/mol. The van der Waals surface area contributed by atoms with Crippen molar-refractivity contribution in [3.8, 4) is 17.1 Å². The number of rotatable bonds is 6. The molecule has 0 spiro atoms. The number of benzene rings is 1. The number of carboxylic acid groups (broad SMARTS) is 1. The fraction of sp³-hybridized carbons (Fsp3) is 0.375. The van der Waals surface area contributed by atoms with Gasteiger partial charge in [-0.15, -0.1) is 0 Å². The maximum absolute atomic E-state index is 12.1. The highest BCUT2D eigenvalue weighted by Gasteiger charge is 2.51.